The van der Waals surface area contributed by atoms with E-state index in [9.17, 15) is 9.59 Å². The first kappa shape index (κ1) is 27.3. The van der Waals surface area contributed by atoms with Crippen molar-refractivity contribution in [1.82, 2.24) is 15.1 Å². The zero-order chi connectivity index (χ0) is 26.6. The van der Waals surface area contributed by atoms with Crippen molar-refractivity contribution in [2.75, 3.05) is 26.2 Å². The Morgan fingerprint density at radius 1 is 0.973 bits per heavy atom. The van der Waals surface area contributed by atoms with E-state index in [1.165, 1.54) is 11.1 Å². The second-order valence-corrected chi connectivity index (χ2v) is 12.3. The maximum absolute atomic E-state index is 14.1. The van der Waals surface area contributed by atoms with Crippen LogP contribution in [0.4, 0.5) is 0 Å². The number of nitrogens with one attached hydrogen (secondary N) is 1. The van der Waals surface area contributed by atoms with E-state index >= 15 is 0 Å². The summed E-state index contributed by atoms with van der Waals surface area (Å²) in [4.78, 5) is 31.2. The van der Waals surface area contributed by atoms with Gasteiger partial charge in [0.1, 0.15) is 6.04 Å². The molecular formula is C31H44N4O2. The Bertz CT molecular complexity index is 1030. The number of carbonyl (C=O) groups is 2. The minimum absolute atomic E-state index is 0.0196. The number of hydrogen-bond donors (Lipinski definition) is 2. The van der Waals surface area contributed by atoms with Crippen molar-refractivity contribution in [3.05, 3.63) is 71.8 Å². The van der Waals surface area contributed by atoms with Gasteiger partial charge < -0.3 is 20.9 Å². The van der Waals surface area contributed by atoms with Gasteiger partial charge in [0.2, 0.25) is 11.8 Å². The van der Waals surface area contributed by atoms with Gasteiger partial charge in [0.05, 0.1) is 6.04 Å². The summed E-state index contributed by atoms with van der Waals surface area (Å²) in [5.41, 5.74) is 8.41. The molecule has 2 heterocycles. The first-order valence-corrected chi connectivity index (χ1v) is 13.8. The highest BCUT2D eigenvalue weighted by atomic mass is 16.2. The smallest absolute Gasteiger partial charge is 0.245 e. The van der Waals surface area contributed by atoms with Gasteiger partial charge in [-0.3, -0.25) is 9.59 Å². The molecule has 0 saturated carbocycles. The number of likely N-dealkylation sites (tertiary alicyclic amines) is 2. The van der Waals surface area contributed by atoms with Gasteiger partial charge in [-0.05, 0) is 55.2 Å². The summed E-state index contributed by atoms with van der Waals surface area (Å²) >= 11 is 0. The van der Waals surface area contributed by atoms with Crippen molar-refractivity contribution in [1.29, 1.82) is 0 Å². The average molecular weight is 505 g/mol. The normalized spacial score (nSPS) is 24.1. The highest BCUT2D eigenvalue weighted by Crippen LogP contribution is 2.35. The quantitative estimate of drug-likeness (QED) is 0.567. The molecule has 200 valence electrons. The molecule has 2 amide bonds. The maximum Gasteiger partial charge on any atom is 0.245 e. The topological polar surface area (TPSA) is 78.7 Å². The van der Waals surface area contributed by atoms with Crippen molar-refractivity contribution in [3.63, 3.8) is 0 Å². The molecule has 4 rings (SSSR count). The standard InChI is InChI=1S/C31H44N4O2/c1-22(32)29(36)33-28(18-31(2,3)4)30(37)35-20-26(24-13-9-6-10-14-24)17-27(35)21-34-16-15-25(19-34)23-11-7-5-8-12-23/h5-14,22,25-28H,15-21,32H2,1-4H3,(H,33,36)/t22-,25-,26-,27-,28+/m0/s1. The molecule has 2 saturated heterocycles. The maximum atomic E-state index is 14.1. The molecule has 6 nitrogen and oxygen atoms in total. The Hall–Kier alpha value is -2.70. The molecule has 2 aromatic carbocycles. The van der Waals surface area contributed by atoms with E-state index in [-0.39, 0.29) is 23.3 Å². The number of carbonyl (C=O) groups excluding carboxylic acids is 2. The zero-order valence-corrected chi connectivity index (χ0v) is 22.9. The lowest BCUT2D eigenvalue weighted by Gasteiger charge is -2.34. The van der Waals surface area contributed by atoms with E-state index in [1.54, 1.807) is 6.92 Å². The molecule has 0 unspecified atom stereocenters. The molecular weight excluding hydrogens is 460 g/mol. The predicted octanol–water partition coefficient (Wildman–Crippen LogP) is 4.13. The largest absolute Gasteiger partial charge is 0.343 e. The highest BCUT2D eigenvalue weighted by molar-refractivity contribution is 5.90. The van der Waals surface area contributed by atoms with Gasteiger partial charge >= 0.3 is 0 Å². The first-order valence-electron chi connectivity index (χ1n) is 13.8. The van der Waals surface area contributed by atoms with E-state index < -0.39 is 12.1 Å². The zero-order valence-electron chi connectivity index (χ0n) is 22.9. The van der Waals surface area contributed by atoms with E-state index in [0.717, 1.165) is 32.5 Å². The van der Waals surface area contributed by atoms with Gasteiger partial charge in [-0.15, -0.1) is 0 Å². The lowest BCUT2D eigenvalue weighted by atomic mass is 9.87. The van der Waals surface area contributed by atoms with Crippen LogP contribution in [0.3, 0.4) is 0 Å². The summed E-state index contributed by atoms with van der Waals surface area (Å²) in [7, 11) is 0. The summed E-state index contributed by atoms with van der Waals surface area (Å²) in [5, 5.41) is 2.98. The van der Waals surface area contributed by atoms with Crippen molar-refractivity contribution in [2.45, 2.75) is 76.9 Å². The number of hydrogen-bond acceptors (Lipinski definition) is 4. The van der Waals surface area contributed by atoms with Gasteiger partial charge in [-0.1, -0.05) is 81.4 Å². The first-order chi connectivity index (χ1) is 17.6. The fraction of sp³-hybridized carbons (Fsp3) is 0.548. The van der Waals surface area contributed by atoms with Crippen LogP contribution in [0, 0.1) is 5.41 Å². The average Bonchev–Trinajstić information content (AvgIpc) is 3.51. The fourth-order valence-electron chi connectivity index (χ4n) is 5.94. The van der Waals surface area contributed by atoms with Gasteiger partial charge in [-0.25, -0.2) is 0 Å². The summed E-state index contributed by atoms with van der Waals surface area (Å²) < 4.78 is 0. The van der Waals surface area contributed by atoms with Gasteiger partial charge in [-0.2, -0.15) is 0 Å². The lowest BCUT2D eigenvalue weighted by Crippen LogP contribution is -2.55. The summed E-state index contributed by atoms with van der Waals surface area (Å²) in [5.74, 6) is 0.576. The van der Waals surface area contributed by atoms with E-state index in [0.29, 0.717) is 24.8 Å². The van der Waals surface area contributed by atoms with E-state index in [2.05, 4.69) is 90.5 Å². The fourth-order valence-corrected chi connectivity index (χ4v) is 5.94. The molecule has 5 atom stereocenters. The Morgan fingerprint density at radius 2 is 1.57 bits per heavy atom. The number of benzene rings is 2. The molecule has 0 bridgehead atoms. The molecule has 37 heavy (non-hydrogen) atoms. The molecule has 0 radical (unpaired) electrons. The summed E-state index contributed by atoms with van der Waals surface area (Å²) in [6, 6.07) is 20.2. The van der Waals surface area contributed by atoms with Gasteiger partial charge in [0.15, 0.2) is 0 Å². The van der Waals surface area contributed by atoms with Crippen LogP contribution in [-0.2, 0) is 9.59 Å². The molecule has 2 fully saturated rings. The Morgan fingerprint density at radius 3 is 2.14 bits per heavy atom. The Balaban J connectivity index is 1.53. The third-order valence-corrected chi connectivity index (χ3v) is 7.83. The minimum Gasteiger partial charge on any atom is -0.343 e. The van der Waals surface area contributed by atoms with Crippen LogP contribution in [0.1, 0.15) is 69.9 Å². The molecule has 2 aliphatic rings. The lowest BCUT2D eigenvalue weighted by molar-refractivity contribution is -0.138. The van der Waals surface area contributed by atoms with Crippen LogP contribution in [-0.4, -0.2) is 65.9 Å². The van der Waals surface area contributed by atoms with E-state index in [4.69, 9.17) is 5.73 Å². The molecule has 0 aromatic heterocycles. The number of amides is 2. The van der Waals surface area contributed by atoms with Crippen LogP contribution in [0.5, 0.6) is 0 Å². The molecule has 3 N–H and O–H groups in total. The molecule has 6 heteroatoms. The molecule has 0 aliphatic carbocycles. The SMILES string of the molecule is C[C@H](N)C(=O)N[C@H](CC(C)(C)C)C(=O)N1C[C@@H](c2ccccc2)C[C@H]1CN1CC[C@H](c2ccccc2)C1. The third kappa shape index (κ3) is 7.20. The number of nitrogens with zero attached hydrogens (tertiary/aromatic N) is 2. The van der Waals surface area contributed by atoms with Gasteiger partial charge in [0.25, 0.3) is 0 Å². The second-order valence-electron chi connectivity index (χ2n) is 12.3. The van der Waals surface area contributed by atoms with Crippen molar-refractivity contribution < 1.29 is 9.59 Å². The van der Waals surface area contributed by atoms with Crippen LogP contribution < -0.4 is 11.1 Å². The monoisotopic (exact) mass is 504 g/mol. The number of rotatable bonds is 8. The van der Waals surface area contributed by atoms with Crippen LogP contribution in [0.2, 0.25) is 0 Å². The van der Waals surface area contributed by atoms with E-state index in [1.807, 2.05) is 6.07 Å². The Labute approximate surface area is 222 Å². The minimum atomic E-state index is -0.652. The van der Waals surface area contributed by atoms with Crippen LogP contribution in [0.25, 0.3) is 0 Å². The van der Waals surface area contributed by atoms with Crippen molar-refractivity contribution in [3.8, 4) is 0 Å². The van der Waals surface area contributed by atoms with Crippen molar-refractivity contribution in [2.24, 2.45) is 11.1 Å². The van der Waals surface area contributed by atoms with Crippen molar-refractivity contribution >= 4 is 11.8 Å². The number of nitrogens with two attached hydrogens (primary N) is 1. The van der Waals surface area contributed by atoms with Gasteiger partial charge in [0, 0.05) is 31.6 Å². The highest BCUT2D eigenvalue weighted by Gasteiger charge is 2.41. The molecule has 2 aromatic rings. The summed E-state index contributed by atoms with van der Waals surface area (Å²) in [6.45, 7) is 11.6. The molecule has 0 spiro atoms. The van der Waals surface area contributed by atoms with Crippen LogP contribution >= 0.6 is 0 Å². The third-order valence-electron chi connectivity index (χ3n) is 7.83. The predicted molar refractivity (Wildman–Crippen MR) is 149 cm³/mol. The Kier molecular flexibility index (Phi) is 8.71. The molecule has 2 aliphatic heterocycles. The van der Waals surface area contributed by atoms with Crippen LogP contribution in [0.15, 0.2) is 60.7 Å². The second kappa shape index (κ2) is 11.8. The summed E-state index contributed by atoms with van der Waals surface area (Å²) in [6.07, 6.45) is 2.65.